The molecule has 0 saturated heterocycles. The number of amides is 1. The molecule has 130 valence electrons. The Morgan fingerprint density at radius 2 is 1.54 bits per heavy atom. The highest BCUT2D eigenvalue weighted by atomic mass is 32.2. The molecule has 0 aliphatic heterocycles. The second kappa shape index (κ2) is 8.50. The highest BCUT2D eigenvalue weighted by Gasteiger charge is 2.08. The van der Waals surface area contributed by atoms with Gasteiger partial charge in [0.25, 0.3) is 5.91 Å². The van der Waals surface area contributed by atoms with E-state index < -0.39 is 0 Å². The van der Waals surface area contributed by atoms with Crippen molar-refractivity contribution in [2.24, 2.45) is 0 Å². The van der Waals surface area contributed by atoms with Crippen LogP contribution in [0.25, 0.3) is 0 Å². The van der Waals surface area contributed by atoms with E-state index in [-0.39, 0.29) is 11.7 Å². The summed E-state index contributed by atoms with van der Waals surface area (Å²) in [6.07, 6.45) is 0. The largest absolute Gasteiger partial charge is 0.322 e. The lowest BCUT2D eigenvalue weighted by Crippen LogP contribution is -2.11. The molecule has 0 heterocycles. The first-order valence-corrected chi connectivity index (χ1v) is 9.29. The van der Waals surface area contributed by atoms with Crippen LogP contribution >= 0.6 is 11.8 Å². The van der Waals surface area contributed by atoms with Gasteiger partial charge in [0, 0.05) is 21.7 Å². The van der Waals surface area contributed by atoms with Crippen molar-refractivity contribution in [2.45, 2.75) is 11.8 Å². The summed E-state index contributed by atoms with van der Waals surface area (Å²) >= 11 is 1.49. The number of benzene rings is 3. The Kier molecular flexibility index (Phi) is 5.87. The molecule has 0 bridgehead atoms. The Labute approximate surface area is 157 Å². The van der Waals surface area contributed by atoms with E-state index in [2.05, 4.69) is 5.32 Å². The molecule has 0 unspecified atom stereocenters. The van der Waals surface area contributed by atoms with E-state index in [1.54, 1.807) is 6.07 Å². The fraction of sp³-hybridized carbons (Fsp3) is 0.0909. The van der Waals surface area contributed by atoms with Gasteiger partial charge in [-0.3, -0.25) is 9.59 Å². The maximum atomic E-state index is 12.3. The molecule has 0 aliphatic carbocycles. The summed E-state index contributed by atoms with van der Waals surface area (Å²) in [5.74, 6) is 0.361. The number of hydrogen-bond acceptors (Lipinski definition) is 3. The molecule has 3 rings (SSSR count). The molecule has 3 aromatic carbocycles. The van der Waals surface area contributed by atoms with Gasteiger partial charge in [-0.25, -0.2) is 0 Å². The maximum absolute atomic E-state index is 12.3. The highest BCUT2D eigenvalue weighted by Crippen LogP contribution is 2.22. The lowest BCUT2D eigenvalue weighted by Gasteiger charge is -2.07. The van der Waals surface area contributed by atoms with Crippen molar-refractivity contribution in [3.8, 4) is 0 Å². The van der Waals surface area contributed by atoms with E-state index in [0.717, 1.165) is 21.7 Å². The summed E-state index contributed by atoms with van der Waals surface area (Å²) in [5.41, 5.74) is 3.14. The summed E-state index contributed by atoms with van der Waals surface area (Å²) < 4.78 is 0. The first-order chi connectivity index (χ1) is 12.6. The van der Waals surface area contributed by atoms with E-state index in [1.165, 1.54) is 11.8 Å². The summed E-state index contributed by atoms with van der Waals surface area (Å²) in [4.78, 5) is 25.4. The van der Waals surface area contributed by atoms with E-state index in [4.69, 9.17) is 0 Å². The zero-order valence-electron chi connectivity index (χ0n) is 14.4. The SMILES string of the molecule is Cc1cccc(C(=O)Nc2ccc(SCC(=O)c3ccccc3)cc2)c1. The van der Waals surface area contributed by atoms with Crippen molar-refractivity contribution in [3.63, 3.8) is 0 Å². The molecule has 4 heteroatoms. The lowest BCUT2D eigenvalue weighted by molar-refractivity contribution is 0.101. The van der Waals surface area contributed by atoms with E-state index in [0.29, 0.717) is 11.3 Å². The minimum atomic E-state index is -0.131. The van der Waals surface area contributed by atoms with Crippen molar-refractivity contribution < 1.29 is 9.59 Å². The standard InChI is InChI=1S/C22H19NO2S/c1-16-6-5-9-18(14-16)22(25)23-19-10-12-20(13-11-19)26-15-21(24)17-7-3-2-4-8-17/h2-14H,15H2,1H3,(H,23,25). The number of aryl methyl sites for hydroxylation is 1. The van der Waals surface area contributed by atoms with Gasteiger partial charge in [-0.15, -0.1) is 11.8 Å². The van der Waals surface area contributed by atoms with Crippen molar-refractivity contribution in [1.82, 2.24) is 0 Å². The first kappa shape index (κ1) is 18.0. The zero-order chi connectivity index (χ0) is 18.4. The number of anilines is 1. The van der Waals surface area contributed by atoms with Crippen LogP contribution in [0.2, 0.25) is 0 Å². The molecule has 3 nitrogen and oxygen atoms in total. The zero-order valence-corrected chi connectivity index (χ0v) is 15.3. The van der Waals surface area contributed by atoms with Gasteiger partial charge in [0.2, 0.25) is 0 Å². The van der Waals surface area contributed by atoms with Crippen LogP contribution in [0.3, 0.4) is 0 Å². The molecule has 26 heavy (non-hydrogen) atoms. The van der Waals surface area contributed by atoms with Crippen LogP contribution < -0.4 is 5.32 Å². The third kappa shape index (κ3) is 4.83. The normalized spacial score (nSPS) is 10.3. The van der Waals surface area contributed by atoms with Crippen LogP contribution in [0.1, 0.15) is 26.3 Å². The Morgan fingerprint density at radius 1 is 0.846 bits per heavy atom. The average Bonchev–Trinajstić information content (AvgIpc) is 2.68. The predicted octanol–water partition coefficient (Wildman–Crippen LogP) is 5.22. The van der Waals surface area contributed by atoms with Crippen LogP contribution in [0, 0.1) is 6.92 Å². The number of carbonyl (C=O) groups is 2. The molecule has 0 saturated carbocycles. The van der Waals surface area contributed by atoms with Gasteiger partial charge in [0.1, 0.15) is 0 Å². The van der Waals surface area contributed by atoms with E-state index in [1.807, 2.05) is 79.7 Å². The Bertz CT molecular complexity index is 905. The summed E-state index contributed by atoms with van der Waals surface area (Å²) in [7, 11) is 0. The van der Waals surface area contributed by atoms with Gasteiger partial charge in [-0.05, 0) is 43.3 Å². The van der Waals surface area contributed by atoms with Gasteiger partial charge < -0.3 is 5.32 Å². The Hall–Kier alpha value is -2.85. The number of nitrogens with one attached hydrogen (secondary N) is 1. The summed E-state index contributed by atoms with van der Waals surface area (Å²) in [6.45, 7) is 1.96. The van der Waals surface area contributed by atoms with Gasteiger partial charge in [0.15, 0.2) is 5.78 Å². The summed E-state index contributed by atoms with van der Waals surface area (Å²) in [5, 5.41) is 2.89. The second-order valence-corrected chi connectivity index (χ2v) is 6.97. The number of ketones is 1. The Morgan fingerprint density at radius 3 is 2.23 bits per heavy atom. The van der Waals surface area contributed by atoms with Crippen molar-refractivity contribution >= 4 is 29.1 Å². The molecular formula is C22H19NO2S. The molecule has 1 amide bonds. The third-order valence-electron chi connectivity index (χ3n) is 3.86. The molecule has 0 spiro atoms. The van der Waals surface area contributed by atoms with Crippen LogP contribution in [0.5, 0.6) is 0 Å². The number of Topliss-reactive ketones (excluding diaryl/α,β-unsaturated/α-hetero) is 1. The van der Waals surface area contributed by atoms with Crippen LogP contribution in [-0.4, -0.2) is 17.4 Å². The van der Waals surface area contributed by atoms with Crippen molar-refractivity contribution in [1.29, 1.82) is 0 Å². The fourth-order valence-electron chi connectivity index (χ4n) is 2.48. The number of hydrogen-bond donors (Lipinski definition) is 1. The minimum absolute atomic E-state index is 0.104. The number of carbonyl (C=O) groups excluding carboxylic acids is 2. The number of thioether (sulfide) groups is 1. The third-order valence-corrected chi connectivity index (χ3v) is 4.87. The monoisotopic (exact) mass is 361 g/mol. The predicted molar refractivity (Wildman–Crippen MR) is 107 cm³/mol. The van der Waals surface area contributed by atoms with Gasteiger partial charge in [-0.1, -0.05) is 48.0 Å². The minimum Gasteiger partial charge on any atom is -0.322 e. The Balaban J connectivity index is 1.56. The van der Waals surface area contributed by atoms with Crippen molar-refractivity contribution in [3.05, 3.63) is 95.6 Å². The molecule has 0 fully saturated rings. The fourth-order valence-corrected chi connectivity index (χ4v) is 3.27. The lowest BCUT2D eigenvalue weighted by atomic mass is 10.1. The molecule has 0 aromatic heterocycles. The average molecular weight is 361 g/mol. The highest BCUT2D eigenvalue weighted by molar-refractivity contribution is 8.00. The van der Waals surface area contributed by atoms with Gasteiger partial charge in [0.05, 0.1) is 5.75 Å². The second-order valence-electron chi connectivity index (χ2n) is 5.93. The van der Waals surface area contributed by atoms with E-state index >= 15 is 0 Å². The molecule has 1 N–H and O–H groups in total. The number of rotatable bonds is 6. The topological polar surface area (TPSA) is 46.2 Å². The van der Waals surface area contributed by atoms with Crippen LogP contribution in [0.4, 0.5) is 5.69 Å². The first-order valence-electron chi connectivity index (χ1n) is 8.31. The molecule has 3 aromatic rings. The molecular weight excluding hydrogens is 342 g/mol. The summed E-state index contributed by atoms with van der Waals surface area (Å²) in [6, 6.07) is 24.3. The van der Waals surface area contributed by atoms with Crippen LogP contribution in [-0.2, 0) is 0 Å². The maximum Gasteiger partial charge on any atom is 0.255 e. The molecule has 0 radical (unpaired) electrons. The quantitative estimate of drug-likeness (QED) is 0.483. The van der Waals surface area contributed by atoms with E-state index in [9.17, 15) is 9.59 Å². The molecule has 0 aliphatic rings. The van der Waals surface area contributed by atoms with Gasteiger partial charge in [-0.2, -0.15) is 0 Å². The van der Waals surface area contributed by atoms with Gasteiger partial charge >= 0.3 is 0 Å². The smallest absolute Gasteiger partial charge is 0.255 e. The van der Waals surface area contributed by atoms with Crippen molar-refractivity contribution in [2.75, 3.05) is 11.1 Å². The van der Waals surface area contributed by atoms with Crippen LogP contribution in [0.15, 0.2) is 83.8 Å². The molecule has 0 atom stereocenters.